The molecule has 2 amide bonds. The SMILES string of the molecule is CC(NCC(=O)Nc1ccc(C(=O)NCC2CCCO2)cc1)c1ccccc1. The Labute approximate surface area is 165 Å². The molecular weight excluding hydrogens is 354 g/mol. The molecule has 2 unspecified atom stereocenters. The first-order valence-electron chi connectivity index (χ1n) is 9.70. The van der Waals surface area contributed by atoms with Crippen LogP contribution in [0.5, 0.6) is 0 Å². The van der Waals surface area contributed by atoms with Gasteiger partial charge in [0.05, 0.1) is 12.6 Å². The topological polar surface area (TPSA) is 79.5 Å². The number of benzene rings is 2. The molecule has 0 radical (unpaired) electrons. The van der Waals surface area contributed by atoms with Gasteiger partial charge < -0.3 is 20.7 Å². The standard InChI is InChI=1S/C22H27N3O3/c1-16(17-6-3-2-4-7-17)23-15-21(26)25-19-11-9-18(10-12-19)22(27)24-14-20-8-5-13-28-20/h2-4,6-7,9-12,16,20,23H,5,8,13-15H2,1H3,(H,24,27)(H,25,26). The highest BCUT2D eigenvalue weighted by atomic mass is 16.5. The van der Waals surface area contributed by atoms with Crippen molar-refractivity contribution >= 4 is 17.5 Å². The molecule has 3 rings (SSSR count). The summed E-state index contributed by atoms with van der Waals surface area (Å²) in [5.74, 6) is -0.259. The van der Waals surface area contributed by atoms with E-state index in [2.05, 4.69) is 16.0 Å². The summed E-state index contributed by atoms with van der Waals surface area (Å²) in [6, 6.07) is 16.9. The Morgan fingerprint density at radius 2 is 1.86 bits per heavy atom. The van der Waals surface area contributed by atoms with Gasteiger partial charge in [-0.15, -0.1) is 0 Å². The van der Waals surface area contributed by atoms with E-state index in [0.717, 1.165) is 25.0 Å². The second kappa shape index (κ2) is 10.0. The van der Waals surface area contributed by atoms with Crippen molar-refractivity contribution in [2.75, 3.05) is 25.0 Å². The third-order valence-corrected chi connectivity index (χ3v) is 4.81. The van der Waals surface area contributed by atoms with Gasteiger partial charge in [0.2, 0.25) is 5.91 Å². The molecule has 148 valence electrons. The molecule has 1 aliphatic heterocycles. The molecular formula is C22H27N3O3. The number of nitrogens with one attached hydrogen (secondary N) is 3. The van der Waals surface area contributed by atoms with Crippen LogP contribution in [0, 0.1) is 0 Å². The summed E-state index contributed by atoms with van der Waals surface area (Å²) in [7, 11) is 0. The number of carbonyl (C=O) groups is 2. The van der Waals surface area contributed by atoms with E-state index in [-0.39, 0.29) is 30.5 Å². The number of carbonyl (C=O) groups excluding carboxylic acids is 2. The molecule has 0 spiro atoms. The van der Waals surface area contributed by atoms with Crippen LogP contribution in [0.2, 0.25) is 0 Å². The molecule has 0 saturated carbocycles. The molecule has 1 heterocycles. The average molecular weight is 381 g/mol. The maximum absolute atomic E-state index is 12.2. The Hall–Kier alpha value is -2.70. The zero-order valence-corrected chi connectivity index (χ0v) is 16.1. The maximum Gasteiger partial charge on any atom is 0.251 e. The van der Waals surface area contributed by atoms with Crippen LogP contribution in [0.3, 0.4) is 0 Å². The summed E-state index contributed by atoms with van der Waals surface area (Å²) in [5.41, 5.74) is 2.36. The molecule has 1 saturated heterocycles. The van der Waals surface area contributed by atoms with Gasteiger partial charge in [-0.25, -0.2) is 0 Å². The monoisotopic (exact) mass is 381 g/mol. The van der Waals surface area contributed by atoms with Crippen molar-refractivity contribution in [3.05, 3.63) is 65.7 Å². The molecule has 28 heavy (non-hydrogen) atoms. The number of hydrogen-bond acceptors (Lipinski definition) is 4. The predicted molar refractivity (Wildman–Crippen MR) is 109 cm³/mol. The van der Waals surface area contributed by atoms with Gasteiger partial charge in [-0.05, 0) is 49.6 Å². The smallest absolute Gasteiger partial charge is 0.251 e. The molecule has 1 fully saturated rings. The van der Waals surface area contributed by atoms with Crippen molar-refractivity contribution in [2.45, 2.75) is 31.9 Å². The van der Waals surface area contributed by atoms with E-state index in [4.69, 9.17) is 4.74 Å². The highest BCUT2D eigenvalue weighted by molar-refractivity contribution is 5.96. The summed E-state index contributed by atoms with van der Waals surface area (Å²) in [6.45, 7) is 3.53. The first-order valence-corrected chi connectivity index (χ1v) is 9.70. The molecule has 1 aliphatic rings. The minimum atomic E-state index is -0.133. The Morgan fingerprint density at radius 1 is 1.11 bits per heavy atom. The van der Waals surface area contributed by atoms with Crippen LogP contribution in [-0.2, 0) is 9.53 Å². The lowest BCUT2D eigenvalue weighted by Crippen LogP contribution is -2.31. The van der Waals surface area contributed by atoms with E-state index >= 15 is 0 Å². The number of rotatable bonds is 8. The lowest BCUT2D eigenvalue weighted by atomic mass is 10.1. The largest absolute Gasteiger partial charge is 0.376 e. The van der Waals surface area contributed by atoms with Gasteiger partial charge in [-0.2, -0.15) is 0 Å². The fraction of sp³-hybridized carbons (Fsp3) is 0.364. The summed E-state index contributed by atoms with van der Waals surface area (Å²) < 4.78 is 5.50. The molecule has 6 heteroatoms. The van der Waals surface area contributed by atoms with E-state index in [9.17, 15) is 9.59 Å². The molecule has 2 aromatic carbocycles. The number of anilines is 1. The van der Waals surface area contributed by atoms with Gasteiger partial charge >= 0.3 is 0 Å². The lowest BCUT2D eigenvalue weighted by molar-refractivity contribution is -0.115. The van der Waals surface area contributed by atoms with Crippen molar-refractivity contribution < 1.29 is 14.3 Å². The quantitative estimate of drug-likeness (QED) is 0.657. The van der Waals surface area contributed by atoms with Crippen LogP contribution in [0.4, 0.5) is 5.69 Å². The fourth-order valence-corrected chi connectivity index (χ4v) is 3.13. The van der Waals surface area contributed by atoms with Crippen molar-refractivity contribution in [3.8, 4) is 0 Å². The molecule has 6 nitrogen and oxygen atoms in total. The first-order chi connectivity index (χ1) is 13.6. The van der Waals surface area contributed by atoms with Gasteiger partial charge in [0.25, 0.3) is 5.91 Å². The Kier molecular flexibility index (Phi) is 7.17. The number of amides is 2. The summed E-state index contributed by atoms with van der Waals surface area (Å²) in [4.78, 5) is 24.3. The van der Waals surface area contributed by atoms with Crippen molar-refractivity contribution in [3.63, 3.8) is 0 Å². The fourth-order valence-electron chi connectivity index (χ4n) is 3.13. The molecule has 3 N–H and O–H groups in total. The minimum Gasteiger partial charge on any atom is -0.376 e. The van der Waals surface area contributed by atoms with Crippen molar-refractivity contribution in [1.82, 2.24) is 10.6 Å². The molecule has 0 aliphatic carbocycles. The highest BCUT2D eigenvalue weighted by Gasteiger charge is 2.16. The van der Waals surface area contributed by atoms with Gasteiger partial charge in [-0.1, -0.05) is 30.3 Å². The second-order valence-corrected chi connectivity index (χ2v) is 6.98. The Balaban J connectivity index is 1.42. The molecule has 2 atom stereocenters. The van der Waals surface area contributed by atoms with Crippen LogP contribution in [0.1, 0.15) is 41.7 Å². The highest BCUT2D eigenvalue weighted by Crippen LogP contribution is 2.13. The van der Waals surface area contributed by atoms with Crippen LogP contribution in [-0.4, -0.2) is 37.6 Å². The Bertz CT molecular complexity index is 771. The van der Waals surface area contributed by atoms with Gasteiger partial charge in [-0.3, -0.25) is 9.59 Å². The van der Waals surface area contributed by atoms with E-state index < -0.39 is 0 Å². The van der Waals surface area contributed by atoms with Crippen LogP contribution >= 0.6 is 0 Å². The van der Waals surface area contributed by atoms with E-state index in [1.165, 1.54) is 0 Å². The van der Waals surface area contributed by atoms with Crippen LogP contribution < -0.4 is 16.0 Å². The number of hydrogen-bond donors (Lipinski definition) is 3. The van der Waals surface area contributed by atoms with Gasteiger partial charge in [0.15, 0.2) is 0 Å². The average Bonchev–Trinajstić information content (AvgIpc) is 3.25. The van der Waals surface area contributed by atoms with Crippen LogP contribution in [0.15, 0.2) is 54.6 Å². The van der Waals surface area contributed by atoms with Gasteiger partial charge in [0.1, 0.15) is 0 Å². The van der Waals surface area contributed by atoms with Crippen molar-refractivity contribution in [1.29, 1.82) is 0 Å². The third-order valence-electron chi connectivity index (χ3n) is 4.81. The third kappa shape index (κ3) is 5.90. The maximum atomic E-state index is 12.2. The molecule has 2 aromatic rings. The lowest BCUT2D eigenvalue weighted by Gasteiger charge is -2.14. The molecule has 0 aromatic heterocycles. The second-order valence-electron chi connectivity index (χ2n) is 6.98. The van der Waals surface area contributed by atoms with E-state index in [1.54, 1.807) is 24.3 Å². The van der Waals surface area contributed by atoms with Crippen molar-refractivity contribution in [2.24, 2.45) is 0 Å². The number of ether oxygens (including phenoxy) is 1. The van der Waals surface area contributed by atoms with E-state index in [0.29, 0.717) is 17.8 Å². The normalized spacial score (nSPS) is 17.1. The predicted octanol–water partition coefficient (Wildman–Crippen LogP) is 2.88. The van der Waals surface area contributed by atoms with Gasteiger partial charge in [0, 0.05) is 30.4 Å². The van der Waals surface area contributed by atoms with Crippen LogP contribution in [0.25, 0.3) is 0 Å². The zero-order valence-electron chi connectivity index (χ0n) is 16.1. The molecule has 0 bridgehead atoms. The zero-order chi connectivity index (χ0) is 19.8. The summed E-state index contributed by atoms with van der Waals surface area (Å²) >= 11 is 0. The van der Waals surface area contributed by atoms with E-state index in [1.807, 2.05) is 37.3 Å². The first kappa shape index (κ1) is 20.0. The summed E-state index contributed by atoms with van der Waals surface area (Å²) in [5, 5.41) is 8.93. The Morgan fingerprint density at radius 3 is 2.54 bits per heavy atom. The summed E-state index contributed by atoms with van der Waals surface area (Å²) in [6.07, 6.45) is 2.16. The minimum absolute atomic E-state index is 0.0851.